The van der Waals surface area contributed by atoms with Crippen LogP contribution in [0.4, 0.5) is 0 Å². The molecule has 1 aromatic heterocycles. The SMILES string of the molecule is CCC(CC)C(O)CNS(=O)(=O)c1cc(C)sc1C. The lowest BCUT2D eigenvalue weighted by Crippen LogP contribution is -2.36. The molecule has 0 aromatic carbocycles. The van der Waals surface area contributed by atoms with Crippen molar-refractivity contribution in [3.8, 4) is 0 Å². The molecular weight excluding hydrogens is 282 g/mol. The number of sulfonamides is 1. The number of nitrogens with one attached hydrogen (secondary N) is 1. The van der Waals surface area contributed by atoms with Crippen LogP contribution in [0, 0.1) is 19.8 Å². The van der Waals surface area contributed by atoms with Crippen LogP contribution in [0.1, 0.15) is 36.4 Å². The Hall–Kier alpha value is -0.430. The molecule has 0 aliphatic carbocycles. The molecule has 1 aromatic rings. The predicted octanol–water partition coefficient (Wildman–Crippen LogP) is 2.44. The van der Waals surface area contributed by atoms with E-state index in [0.29, 0.717) is 4.90 Å². The molecule has 6 heteroatoms. The van der Waals surface area contributed by atoms with Crippen molar-refractivity contribution in [1.29, 1.82) is 0 Å². The fourth-order valence-corrected chi connectivity index (χ4v) is 4.75. The number of rotatable bonds is 7. The monoisotopic (exact) mass is 305 g/mol. The van der Waals surface area contributed by atoms with E-state index in [1.165, 1.54) is 11.3 Å². The van der Waals surface area contributed by atoms with Crippen molar-refractivity contribution in [2.45, 2.75) is 51.5 Å². The summed E-state index contributed by atoms with van der Waals surface area (Å²) < 4.78 is 26.8. The maximum Gasteiger partial charge on any atom is 0.241 e. The highest BCUT2D eigenvalue weighted by Gasteiger charge is 2.22. The van der Waals surface area contributed by atoms with Gasteiger partial charge in [-0.15, -0.1) is 11.3 Å². The predicted molar refractivity (Wildman–Crippen MR) is 79.1 cm³/mol. The molecular formula is C13H23NO3S2. The van der Waals surface area contributed by atoms with E-state index in [1.54, 1.807) is 13.0 Å². The Morgan fingerprint density at radius 1 is 1.32 bits per heavy atom. The van der Waals surface area contributed by atoms with Crippen LogP contribution >= 0.6 is 11.3 Å². The molecule has 110 valence electrons. The summed E-state index contributed by atoms with van der Waals surface area (Å²) in [5.41, 5.74) is 0. The molecule has 1 atom stereocenters. The molecule has 0 spiro atoms. The molecule has 0 saturated heterocycles. The minimum Gasteiger partial charge on any atom is -0.391 e. The van der Waals surface area contributed by atoms with Crippen molar-refractivity contribution < 1.29 is 13.5 Å². The molecule has 19 heavy (non-hydrogen) atoms. The summed E-state index contributed by atoms with van der Waals surface area (Å²) in [7, 11) is -3.51. The molecule has 1 heterocycles. The van der Waals surface area contributed by atoms with Crippen molar-refractivity contribution in [2.24, 2.45) is 5.92 Å². The van der Waals surface area contributed by atoms with Gasteiger partial charge in [-0.2, -0.15) is 0 Å². The Labute approximate surface area is 119 Å². The third-order valence-electron chi connectivity index (χ3n) is 3.36. The highest BCUT2D eigenvalue weighted by Crippen LogP contribution is 2.24. The standard InChI is InChI=1S/C13H23NO3S2/c1-5-11(6-2)12(15)8-14-19(16,17)13-7-9(3)18-10(13)4/h7,11-12,14-15H,5-6,8H2,1-4H3. The normalized spacial score (nSPS) is 14.0. The molecule has 0 fully saturated rings. The van der Waals surface area contributed by atoms with E-state index in [2.05, 4.69) is 4.72 Å². The van der Waals surface area contributed by atoms with Gasteiger partial charge < -0.3 is 5.11 Å². The second kappa shape index (κ2) is 6.83. The van der Waals surface area contributed by atoms with E-state index in [9.17, 15) is 13.5 Å². The lowest BCUT2D eigenvalue weighted by molar-refractivity contribution is 0.107. The van der Waals surface area contributed by atoms with Crippen LogP contribution in [-0.2, 0) is 10.0 Å². The van der Waals surface area contributed by atoms with Gasteiger partial charge in [0.15, 0.2) is 0 Å². The number of aliphatic hydroxyl groups excluding tert-OH is 1. The van der Waals surface area contributed by atoms with Gasteiger partial charge in [0.1, 0.15) is 0 Å². The zero-order chi connectivity index (χ0) is 14.6. The molecule has 1 rings (SSSR count). The average Bonchev–Trinajstić information content (AvgIpc) is 2.68. The molecule has 0 saturated carbocycles. The van der Waals surface area contributed by atoms with Crippen LogP contribution in [0.15, 0.2) is 11.0 Å². The van der Waals surface area contributed by atoms with Gasteiger partial charge in [-0.05, 0) is 25.8 Å². The van der Waals surface area contributed by atoms with Crippen LogP contribution < -0.4 is 4.72 Å². The number of aryl methyl sites for hydroxylation is 2. The van der Waals surface area contributed by atoms with Crippen LogP contribution in [0.5, 0.6) is 0 Å². The number of aliphatic hydroxyl groups is 1. The third kappa shape index (κ3) is 4.27. The first-order valence-corrected chi connectivity index (χ1v) is 8.86. The summed E-state index contributed by atoms with van der Waals surface area (Å²) in [6.45, 7) is 7.75. The van der Waals surface area contributed by atoms with Crippen molar-refractivity contribution in [2.75, 3.05) is 6.54 Å². The Morgan fingerprint density at radius 2 is 1.89 bits per heavy atom. The smallest absolute Gasteiger partial charge is 0.241 e. The fraction of sp³-hybridized carbons (Fsp3) is 0.692. The Morgan fingerprint density at radius 3 is 2.32 bits per heavy atom. The van der Waals surface area contributed by atoms with Gasteiger partial charge in [0, 0.05) is 16.3 Å². The van der Waals surface area contributed by atoms with Crippen molar-refractivity contribution in [3.63, 3.8) is 0 Å². The summed E-state index contributed by atoms with van der Waals surface area (Å²) in [6, 6.07) is 1.67. The zero-order valence-electron chi connectivity index (χ0n) is 11.9. The van der Waals surface area contributed by atoms with E-state index in [0.717, 1.165) is 22.6 Å². The summed E-state index contributed by atoms with van der Waals surface area (Å²) in [5, 5.41) is 9.97. The van der Waals surface area contributed by atoms with Gasteiger partial charge >= 0.3 is 0 Å². The quantitative estimate of drug-likeness (QED) is 0.813. The first kappa shape index (κ1) is 16.6. The molecule has 4 nitrogen and oxygen atoms in total. The maximum atomic E-state index is 12.2. The first-order chi connectivity index (χ1) is 8.81. The van der Waals surface area contributed by atoms with Gasteiger partial charge in [-0.1, -0.05) is 26.7 Å². The van der Waals surface area contributed by atoms with Crippen molar-refractivity contribution >= 4 is 21.4 Å². The second-order valence-corrected chi connectivity index (χ2v) is 7.97. The average molecular weight is 305 g/mol. The van der Waals surface area contributed by atoms with Gasteiger partial charge in [-0.25, -0.2) is 13.1 Å². The lowest BCUT2D eigenvalue weighted by atomic mass is 9.97. The molecule has 2 N–H and O–H groups in total. The molecule has 0 aliphatic heterocycles. The van der Waals surface area contributed by atoms with Gasteiger partial charge in [0.05, 0.1) is 11.0 Å². The summed E-state index contributed by atoms with van der Waals surface area (Å²) >= 11 is 1.46. The molecule has 0 amide bonds. The Kier molecular flexibility index (Phi) is 5.98. The van der Waals surface area contributed by atoms with Gasteiger partial charge in [0.25, 0.3) is 0 Å². The number of hydrogen-bond donors (Lipinski definition) is 2. The number of thiophene rings is 1. The van der Waals surface area contributed by atoms with Gasteiger partial charge in [0.2, 0.25) is 10.0 Å². The summed E-state index contributed by atoms with van der Waals surface area (Å²) in [4.78, 5) is 2.08. The number of hydrogen-bond acceptors (Lipinski definition) is 4. The van der Waals surface area contributed by atoms with Crippen LogP contribution in [0.25, 0.3) is 0 Å². The van der Waals surface area contributed by atoms with Crippen molar-refractivity contribution in [3.05, 3.63) is 15.8 Å². The van der Waals surface area contributed by atoms with Crippen molar-refractivity contribution in [1.82, 2.24) is 4.72 Å². The summed E-state index contributed by atoms with van der Waals surface area (Å²) in [5.74, 6) is 0.132. The highest BCUT2D eigenvalue weighted by atomic mass is 32.2. The molecule has 0 bridgehead atoms. The van der Waals surface area contributed by atoms with E-state index in [4.69, 9.17) is 0 Å². The minimum absolute atomic E-state index is 0.0724. The van der Waals surface area contributed by atoms with Crippen LogP contribution in [-0.4, -0.2) is 26.2 Å². The van der Waals surface area contributed by atoms with E-state index in [-0.39, 0.29) is 12.5 Å². The van der Waals surface area contributed by atoms with Crippen LogP contribution in [0.3, 0.4) is 0 Å². The second-order valence-electron chi connectivity index (χ2n) is 4.77. The fourth-order valence-electron chi connectivity index (χ4n) is 2.15. The van der Waals surface area contributed by atoms with E-state index < -0.39 is 16.1 Å². The van der Waals surface area contributed by atoms with E-state index in [1.807, 2.05) is 20.8 Å². The molecule has 0 aliphatic rings. The van der Waals surface area contributed by atoms with E-state index >= 15 is 0 Å². The Balaban J connectivity index is 2.74. The summed E-state index contributed by atoms with van der Waals surface area (Å²) in [6.07, 6.45) is 1.05. The lowest BCUT2D eigenvalue weighted by Gasteiger charge is -2.20. The molecule has 1 unspecified atom stereocenters. The Bertz CT molecular complexity index is 504. The topological polar surface area (TPSA) is 66.4 Å². The largest absolute Gasteiger partial charge is 0.391 e. The zero-order valence-corrected chi connectivity index (χ0v) is 13.6. The highest BCUT2D eigenvalue weighted by molar-refractivity contribution is 7.89. The third-order valence-corrected chi connectivity index (χ3v) is 6.01. The first-order valence-electron chi connectivity index (χ1n) is 6.56. The van der Waals surface area contributed by atoms with Gasteiger partial charge in [-0.3, -0.25) is 0 Å². The van der Waals surface area contributed by atoms with Crippen LogP contribution in [0.2, 0.25) is 0 Å². The maximum absolute atomic E-state index is 12.2. The molecule has 0 radical (unpaired) electrons. The minimum atomic E-state index is -3.51.